The number of primary amides is 1. The average molecular weight is 445 g/mol. The highest BCUT2D eigenvalue weighted by atomic mass is 16.2. The molecule has 3 rings (SSSR count). The number of para-hydroxylation sites is 2. The van der Waals surface area contributed by atoms with Gasteiger partial charge in [0.05, 0.1) is 11.3 Å². The molecule has 33 heavy (non-hydrogen) atoms. The number of nitrogens with two attached hydrogens (primary N) is 1. The zero-order valence-electron chi connectivity index (χ0n) is 17.6. The van der Waals surface area contributed by atoms with E-state index in [1.54, 1.807) is 60.7 Å². The molecule has 9 nitrogen and oxygen atoms in total. The lowest BCUT2D eigenvalue weighted by Crippen LogP contribution is -2.28. The summed E-state index contributed by atoms with van der Waals surface area (Å²) in [5, 5.41) is 10.7. The molecular formula is C24H23N5O4. The number of hydrogen-bond acceptors (Lipinski definition) is 4. The van der Waals surface area contributed by atoms with Crippen LogP contribution in [0.5, 0.6) is 0 Å². The molecule has 9 heteroatoms. The molecule has 0 aliphatic rings. The first-order valence-electron chi connectivity index (χ1n) is 10.1. The van der Waals surface area contributed by atoms with Crippen LogP contribution >= 0.6 is 0 Å². The second kappa shape index (κ2) is 11.1. The maximum absolute atomic E-state index is 12.7. The lowest BCUT2D eigenvalue weighted by molar-refractivity contribution is -0.117. The summed E-state index contributed by atoms with van der Waals surface area (Å²) in [5.41, 5.74) is 7.16. The van der Waals surface area contributed by atoms with Crippen molar-refractivity contribution in [2.24, 2.45) is 5.73 Å². The largest absolute Gasteiger partial charge is 0.370 e. The standard InChI is InChI=1S/C24H23N5O4/c25-21(30)14-15-26-23(32)19-8-4-5-9-20(19)29-22(31)16-10-12-18(13-11-16)28-24(33)27-17-6-2-1-3-7-17/h1-13H,14-15H2,(H2,25,30)(H,26,32)(H,29,31)(H2,27,28,33). The van der Waals surface area contributed by atoms with E-state index in [9.17, 15) is 19.2 Å². The van der Waals surface area contributed by atoms with Gasteiger partial charge in [-0.3, -0.25) is 14.4 Å². The van der Waals surface area contributed by atoms with E-state index in [0.29, 0.717) is 22.6 Å². The quantitative estimate of drug-likeness (QED) is 0.363. The van der Waals surface area contributed by atoms with Gasteiger partial charge >= 0.3 is 6.03 Å². The van der Waals surface area contributed by atoms with Gasteiger partial charge in [-0.2, -0.15) is 0 Å². The van der Waals surface area contributed by atoms with E-state index >= 15 is 0 Å². The first-order chi connectivity index (χ1) is 15.9. The van der Waals surface area contributed by atoms with Gasteiger partial charge in [0, 0.05) is 29.9 Å². The molecule has 0 heterocycles. The third kappa shape index (κ3) is 6.93. The van der Waals surface area contributed by atoms with Crippen molar-refractivity contribution in [3.05, 3.63) is 90.0 Å². The first-order valence-corrected chi connectivity index (χ1v) is 10.1. The van der Waals surface area contributed by atoms with Crippen LogP contribution in [-0.2, 0) is 4.79 Å². The molecule has 0 spiro atoms. The Kier molecular flexibility index (Phi) is 7.74. The van der Waals surface area contributed by atoms with E-state index in [1.807, 2.05) is 18.2 Å². The Labute approximate surface area is 190 Å². The number of rotatable bonds is 8. The van der Waals surface area contributed by atoms with Gasteiger partial charge in [-0.1, -0.05) is 30.3 Å². The van der Waals surface area contributed by atoms with E-state index in [1.165, 1.54) is 0 Å². The molecular weight excluding hydrogens is 422 g/mol. The van der Waals surface area contributed by atoms with Gasteiger partial charge in [0.2, 0.25) is 5.91 Å². The summed E-state index contributed by atoms with van der Waals surface area (Å²) in [5.74, 6) is -1.38. The molecule has 0 unspecified atom stereocenters. The highest BCUT2D eigenvalue weighted by Crippen LogP contribution is 2.17. The van der Waals surface area contributed by atoms with Crippen molar-refractivity contribution in [1.82, 2.24) is 5.32 Å². The topological polar surface area (TPSA) is 142 Å². The Bertz CT molecular complexity index is 1150. The number of nitrogens with one attached hydrogen (secondary N) is 4. The molecule has 5 amide bonds. The van der Waals surface area contributed by atoms with Crippen molar-refractivity contribution < 1.29 is 19.2 Å². The lowest BCUT2D eigenvalue weighted by atomic mass is 10.1. The van der Waals surface area contributed by atoms with Gasteiger partial charge in [-0.05, 0) is 48.5 Å². The average Bonchev–Trinajstić information content (AvgIpc) is 2.80. The first kappa shape index (κ1) is 23.0. The van der Waals surface area contributed by atoms with Gasteiger partial charge in [-0.15, -0.1) is 0 Å². The second-order valence-electron chi connectivity index (χ2n) is 6.99. The van der Waals surface area contributed by atoms with E-state index in [4.69, 9.17) is 5.73 Å². The third-order valence-electron chi connectivity index (χ3n) is 4.51. The van der Waals surface area contributed by atoms with E-state index in [2.05, 4.69) is 21.3 Å². The van der Waals surface area contributed by atoms with Crippen LogP contribution < -0.4 is 27.0 Å². The number of hydrogen-bond donors (Lipinski definition) is 5. The summed E-state index contributed by atoms with van der Waals surface area (Å²) in [6.07, 6.45) is 0.0179. The van der Waals surface area contributed by atoms with Crippen molar-refractivity contribution in [3.8, 4) is 0 Å². The summed E-state index contributed by atoms with van der Waals surface area (Å²) < 4.78 is 0. The minimum absolute atomic E-state index is 0.0179. The predicted octanol–water partition coefficient (Wildman–Crippen LogP) is 3.19. The van der Waals surface area contributed by atoms with Crippen LogP contribution in [0.2, 0.25) is 0 Å². The molecule has 3 aromatic carbocycles. The normalized spacial score (nSPS) is 10.1. The maximum atomic E-state index is 12.7. The Hall–Kier alpha value is -4.66. The summed E-state index contributed by atoms with van der Waals surface area (Å²) in [6, 6.07) is 21.4. The Balaban J connectivity index is 1.60. The van der Waals surface area contributed by atoms with Crippen LogP contribution in [0.4, 0.5) is 21.9 Å². The fourth-order valence-corrected chi connectivity index (χ4v) is 2.90. The van der Waals surface area contributed by atoms with Crippen molar-refractivity contribution in [1.29, 1.82) is 0 Å². The Morgan fingerprint density at radius 2 is 1.27 bits per heavy atom. The Morgan fingerprint density at radius 1 is 0.667 bits per heavy atom. The maximum Gasteiger partial charge on any atom is 0.323 e. The minimum Gasteiger partial charge on any atom is -0.370 e. The number of anilines is 3. The van der Waals surface area contributed by atoms with Gasteiger partial charge in [-0.25, -0.2) is 4.79 Å². The zero-order chi connectivity index (χ0) is 23.6. The molecule has 0 atom stereocenters. The van der Waals surface area contributed by atoms with Gasteiger partial charge < -0.3 is 27.0 Å². The van der Waals surface area contributed by atoms with Crippen molar-refractivity contribution in [3.63, 3.8) is 0 Å². The number of urea groups is 1. The van der Waals surface area contributed by atoms with Crippen LogP contribution in [0.1, 0.15) is 27.1 Å². The zero-order valence-corrected chi connectivity index (χ0v) is 17.6. The molecule has 3 aromatic rings. The molecule has 0 aliphatic carbocycles. The molecule has 0 fully saturated rings. The molecule has 0 aromatic heterocycles. The van der Waals surface area contributed by atoms with Gasteiger partial charge in [0.1, 0.15) is 0 Å². The monoisotopic (exact) mass is 445 g/mol. The molecule has 6 N–H and O–H groups in total. The van der Waals surface area contributed by atoms with Crippen molar-refractivity contribution in [2.45, 2.75) is 6.42 Å². The van der Waals surface area contributed by atoms with Crippen LogP contribution in [0.15, 0.2) is 78.9 Å². The van der Waals surface area contributed by atoms with Crippen LogP contribution in [0, 0.1) is 0 Å². The summed E-state index contributed by atoms with van der Waals surface area (Å²) in [7, 11) is 0. The summed E-state index contributed by atoms with van der Waals surface area (Å²) in [6.45, 7) is 0.1000. The van der Waals surface area contributed by atoms with Crippen LogP contribution in [0.25, 0.3) is 0 Å². The van der Waals surface area contributed by atoms with E-state index in [0.717, 1.165) is 0 Å². The highest BCUT2D eigenvalue weighted by molar-refractivity contribution is 6.09. The molecule has 168 valence electrons. The molecule has 0 saturated heterocycles. The minimum atomic E-state index is -0.521. The number of benzene rings is 3. The van der Waals surface area contributed by atoms with E-state index in [-0.39, 0.29) is 18.5 Å². The van der Waals surface area contributed by atoms with Crippen molar-refractivity contribution >= 4 is 40.8 Å². The van der Waals surface area contributed by atoms with Crippen LogP contribution in [-0.4, -0.2) is 30.3 Å². The molecule has 0 bridgehead atoms. The lowest BCUT2D eigenvalue weighted by Gasteiger charge is -2.12. The fourth-order valence-electron chi connectivity index (χ4n) is 2.90. The third-order valence-corrected chi connectivity index (χ3v) is 4.51. The molecule has 0 radical (unpaired) electrons. The smallest absolute Gasteiger partial charge is 0.323 e. The van der Waals surface area contributed by atoms with Gasteiger partial charge in [0.15, 0.2) is 0 Å². The fraction of sp³-hybridized carbons (Fsp3) is 0.0833. The van der Waals surface area contributed by atoms with Gasteiger partial charge in [0.25, 0.3) is 11.8 Å². The SMILES string of the molecule is NC(=O)CCNC(=O)c1ccccc1NC(=O)c1ccc(NC(=O)Nc2ccccc2)cc1. The highest BCUT2D eigenvalue weighted by Gasteiger charge is 2.14. The summed E-state index contributed by atoms with van der Waals surface area (Å²) >= 11 is 0. The molecule has 0 aliphatic heterocycles. The molecule has 0 saturated carbocycles. The predicted molar refractivity (Wildman–Crippen MR) is 126 cm³/mol. The summed E-state index contributed by atoms with van der Waals surface area (Å²) in [4.78, 5) is 48.0. The van der Waals surface area contributed by atoms with Crippen molar-refractivity contribution in [2.75, 3.05) is 22.5 Å². The van der Waals surface area contributed by atoms with E-state index < -0.39 is 23.8 Å². The van der Waals surface area contributed by atoms with Crippen LogP contribution in [0.3, 0.4) is 0 Å². The number of carbonyl (C=O) groups excluding carboxylic acids is 4. The number of amides is 5. The second-order valence-corrected chi connectivity index (χ2v) is 6.99. The Morgan fingerprint density at radius 3 is 1.94 bits per heavy atom. The number of carbonyl (C=O) groups is 4.